The average molecular weight is 478 g/mol. The molecule has 0 amide bonds. The van der Waals surface area contributed by atoms with Gasteiger partial charge >= 0.3 is 5.97 Å². The Kier molecular flexibility index (Phi) is 18.5. The second kappa shape index (κ2) is 18.6. The van der Waals surface area contributed by atoms with Gasteiger partial charge in [-0.15, -0.1) is 0 Å². The molecule has 0 aromatic heterocycles. The van der Waals surface area contributed by atoms with Crippen LogP contribution in [0.1, 0.15) is 97.3 Å². The Balaban J connectivity index is 0.00000784. The van der Waals surface area contributed by atoms with Crippen LogP contribution in [-0.4, -0.2) is 68.3 Å². The van der Waals surface area contributed by atoms with Crippen molar-refractivity contribution < 1.29 is 31.0 Å². The van der Waals surface area contributed by atoms with Crippen LogP contribution in [0.2, 0.25) is 0 Å². The molecule has 5 heteroatoms. The van der Waals surface area contributed by atoms with Crippen molar-refractivity contribution >= 4 is 5.97 Å². The lowest BCUT2D eigenvalue weighted by atomic mass is 10.1. The molecule has 29 heavy (non-hydrogen) atoms. The van der Waals surface area contributed by atoms with E-state index in [-0.39, 0.29) is 23.0 Å². The maximum absolute atomic E-state index is 12.0. The zero-order valence-corrected chi connectivity index (χ0v) is 21.3. The number of esters is 1. The normalized spacial score (nSPS) is 16.4. The zero-order chi connectivity index (χ0) is 20.5. The molecule has 0 aromatic carbocycles. The van der Waals surface area contributed by atoms with Gasteiger partial charge in [0.1, 0.15) is 0 Å². The molecule has 0 aliphatic carbocycles. The smallest absolute Gasteiger partial charge is 0.307 e. The van der Waals surface area contributed by atoms with Crippen LogP contribution in [0.4, 0.5) is 0 Å². The first-order valence-electron chi connectivity index (χ1n) is 12.3. The highest BCUT2D eigenvalue weighted by Crippen LogP contribution is 2.13. The standard InChI is InChI=1S/C24H49N2O2.BrH/c1-4-6-8-9-10-11-12-13-14-15-23-28-24(27)16-17-25-18-21-26(3,22-19-25)20-7-5-2;/h4-23H2,1-3H3;1H/q+1;/p-1. The zero-order valence-electron chi connectivity index (χ0n) is 19.7. The van der Waals surface area contributed by atoms with E-state index < -0.39 is 0 Å². The van der Waals surface area contributed by atoms with Crippen LogP contribution >= 0.6 is 0 Å². The first-order valence-corrected chi connectivity index (χ1v) is 12.3. The lowest BCUT2D eigenvalue weighted by molar-refractivity contribution is -0.913. The monoisotopic (exact) mass is 476 g/mol. The van der Waals surface area contributed by atoms with Crippen LogP contribution in [-0.2, 0) is 9.53 Å². The largest absolute Gasteiger partial charge is 1.00 e. The summed E-state index contributed by atoms with van der Waals surface area (Å²) in [5.41, 5.74) is 0. The molecular formula is C24H49BrN2O2. The molecule has 1 heterocycles. The minimum Gasteiger partial charge on any atom is -1.00 e. The van der Waals surface area contributed by atoms with Crippen LogP contribution in [0.3, 0.4) is 0 Å². The topological polar surface area (TPSA) is 29.5 Å². The number of hydrogen-bond acceptors (Lipinski definition) is 3. The average Bonchev–Trinajstić information content (AvgIpc) is 2.70. The molecule has 0 atom stereocenters. The number of piperazine rings is 1. The summed E-state index contributed by atoms with van der Waals surface area (Å²) >= 11 is 0. The highest BCUT2D eigenvalue weighted by molar-refractivity contribution is 5.69. The van der Waals surface area contributed by atoms with Crippen LogP contribution in [0.15, 0.2) is 0 Å². The summed E-state index contributed by atoms with van der Waals surface area (Å²) in [5.74, 6) is -0.00951. The Labute approximate surface area is 192 Å². The third-order valence-corrected chi connectivity index (χ3v) is 6.36. The molecule has 0 unspecified atom stereocenters. The number of ether oxygens (including phenoxy) is 1. The number of rotatable bonds is 17. The molecule has 1 fully saturated rings. The lowest BCUT2D eigenvalue weighted by Crippen LogP contribution is -3.00. The summed E-state index contributed by atoms with van der Waals surface area (Å²) in [6, 6.07) is 0. The number of quaternary nitrogens is 1. The fourth-order valence-corrected chi connectivity index (χ4v) is 4.07. The van der Waals surface area contributed by atoms with Gasteiger partial charge in [-0.3, -0.25) is 9.69 Å². The predicted molar refractivity (Wildman–Crippen MR) is 120 cm³/mol. The highest BCUT2D eigenvalue weighted by Gasteiger charge is 2.27. The van der Waals surface area contributed by atoms with Crippen molar-refractivity contribution in [3.05, 3.63) is 0 Å². The predicted octanol–water partition coefficient (Wildman–Crippen LogP) is 2.41. The van der Waals surface area contributed by atoms with Gasteiger partial charge in [0.25, 0.3) is 0 Å². The van der Waals surface area contributed by atoms with E-state index in [2.05, 4.69) is 25.8 Å². The summed E-state index contributed by atoms with van der Waals surface area (Å²) in [5, 5.41) is 0. The number of carbonyl (C=O) groups is 1. The molecule has 1 rings (SSSR count). The molecule has 0 N–H and O–H groups in total. The van der Waals surface area contributed by atoms with E-state index in [1.807, 2.05) is 0 Å². The maximum Gasteiger partial charge on any atom is 0.307 e. The van der Waals surface area contributed by atoms with Gasteiger partial charge in [-0.1, -0.05) is 78.1 Å². The van der Waals surface area contributed by atoms with Gasteiger partial charge in [-0.05, 0) is 12.8 Å². The Morgan fingerprint density at radius 3 is 1.90 bits per heavy atom. The number of unbranched alkanes of at least 4 members (excludes halogenated alkanes) is 10. The molecule has 0 bridgehead atoms. The molecule has 174 valence electrons. The maximum atomic E-state index is 12.0. The number of nitrogens with zero attached hydrogens (tertiary/aromatic N) is 2. The number of likely N-dealkylation sites (N-methyl/N-ethyl adjacent to an activating group) is 1. The van der Waals surface area contributed by atoms with E-state index in [4.69, 9.17) is 4.74 Å². The van der Waals surface area contributed by atoms with E-state index in [0.717, 1.165) is 26.1 Å². The quantitative estimate of drug-likeness (QED) is 0.183. The van der Waals surface area contributed by atoms with E-state index in [9.17, 15) is 4.79 Å². The number of carbonyl (C=O) groups excluding carboxylic acids is 1. The minimum atomic E-state index is -0.00951. The molecular weight excluding hydrogens is 428 g/mol. The Morgan fingerprint density at radius 1 is 0.828 bits per heavy atom. The number of hydrogen-bond donors (Lipinski definition) is 0. The molecule has 1 aliphatic rings. The van der Waals surface area contributed by atoms with Crippen molar-refractivity contribution in [2.24, 2.45) is 0 Å². The van der Waals surface area contributed by atoms with E-state index in [1.54, 1.807) is 0 Å². The molecule has 1 saturated heterocycles. The third kappa shape index (κ3) is 15.3. The third-order valence-electron chi connectivity index (χ3n) is 6.36. The summed E-state index contributed by atoms with van der Waals surface area (Å²) in [4.78, 5) is 14.4. The van der Waals surface area contributed by atoms with Gasteiger partial charge in [0.2, 0.25) is 0 Å². The second-order valence-corrected chi connectivity index (χ2v) is 9.14. The van der Waals surface area contributed by atoms with Gasteiger partial charge in [-0.25, -0.2) is 0 Å². The number of halogens is 1. The molecule has 0 saturated carbocycles. The summed E-state index contributed by atoms with van der Waals surface area (Å²) in [7, 11) is 2.38. The molecule has 4 nitrogen and oxygen atoms in total. The van der Waals surface area contributed by atoms with E-state index >= 15 is 0 Å². The first-order chi connectivity index (χ1) is 13.6. The fraction of sp³-hybridized carbons (Fsp3) is 0.958. The van der Waals surface area contributed by atoms with Gasteiger partial charge in [0.15, 0.2) is 0 Å². The van der Waals surface area contributed by atoms with Gasteiger partial charge in [0.05, 0.1) is 39.7 Å². The Morgan fingerprint density at radius 2 is 1.34 bits per heavy atom. The summed E-state index contributed by atoms with van der Waals surface area (Å²) in [6.07, 6.45) is 16.3. The van der Waals surface area contributed by atoms with Gasteiger partial charge < -0.3 is 26.2 Å². The van der Waals surface area contributed by atoms with Gasteiger partial charge in [0, 0.05) is 19.6 Å². The van der Waals surface area contributed by atoms with Crippen molar-refractivity contribution in [3.63, 3.8) is 0 Å². The van der Waals surface area contributed by atoms with Crippen molar-refractivity contribution in [3.8, 4) is 0 Å². The fourth-order valence-electron chi connectivity index (χ4n) is 4.07. The summed E-state index contributed by atoms with van der Waals surface area (Å²) in [6.45, 7) is 12.0. The van der Waals surface area contributed by atoms with Crippen molar-refractivity contribution in [2.75, 3.05) is 52.9 Å². The first kappa shape index (κ1) is 28.9. The Hall–Kier alpha value is -0.130. The molecule has 0 spiro atoms. The van der Waals surface area contributed by atoms with Crippen molar-refractivity contribution in [1.82, 2.24) is 4.90 Å². The summed E-state index contributed by atoms with van der Waals surface area (Å²) < 4.78 is 6.63. The molecule has 1 aliphatic heterocycles. The lowest BCUT2D eigenvalue weighted by Gasteiger charge is -2.42. The van der Waals surface area contributed by atoms with Crippen LogP contribution in [0.5, 0.6) is 0 Å². The van der Waals surface area contributed by atoms with Crippen molar-refractivity contribution in [2.45, 2.75) is 97.3 Å². The Bertz CT molecular complexity index is 385. The highest BCUT2D eigenvalue weighted by atomic mass is 79.9. The SMILES string of the molecule is CCCCCCCCCCCCOC(=O)CCN1CC[N+](C)(CCCC)CC1.[Br-]. The van der Waals surface area contributed by atoms with Gasteiger partial charge in [-0.2, -0.15) is 0 Å². The second-order valence-electron chi connectivity index (χ2n) is 9.14. The minimum absolute atomic E-state index is 0. The molecule has 0 aromatic rings. The van der Waals surface area contributed by atoms with Crippen LogP contribution in [0.25, 0.3) is 0 Å². The van der Waals surface area contributed by atoms with Crippen LogP contribution < -0.4 is 17.0 Å². The van der Waals surface area contributed by atoms with E-state index in [1.165, 1.54) is 94.7 Å². The van der Waals surface area contributed by atoms with Crippen LogP contribution in [0, 0.1) is 0 Å². The van der Waals surface area contributed by atoms with E-state index in [0.29, 0.717) is 13.0 Å². The molecule has 0 radical (unpaired) electrons. The van der Waals surface area contributed by atoms with Crippen molar-refractivity contribution in [1.29, 1.82) is 0 Å².